The van der Waals surface area contributed by atoms with Gasteiger partial charge in [0.1, 0.15) is 0 Å². The maximum atomic E-state index is 11.2. The standard InChI is InChI=1S/C14H19N3O/c1-3-11-14(15)10-7-9(5-6-12(10)17-11)8-16-13(18)4-2/h5-7,17H,3-4,8,15H2,1-2H3,(H,16,18). The van der Waals surface area contributed by atoms with E-state index in [4.69, 9.17) is 5.73 Å². The molecule has 4 heteroatoms. The Balaban J connectivity index is 2.26. The molecule has 2 rings (SSSR count). The number of H-pyrrole nitrogens is 1. The van der Waals surface area contributed by atoms with E-state index in [0.29, 0.717) is 13.0 Å². The number of rotatable bonds is 4. The zero-order valence-corrected chi connectivity index (χ0v) is 10.8. The molecule has 4 N–H and O–H groups in total. The fourth-order valence-corrected chi connectivity index (χ4v) is 2.03. The summed E-state index contributed by atoms with van der Waals surface area (Å²) in [6.45, 7) is 4.47. The van der Waals surface area contributed by atoms with Crippen LogP contribution in [0.5, 0.6) is 0 Å². The van der Waals surface area contributed by atoms with Gasteiger partial charge in [-0.05, 0) is 24.1 Å². The summed E-state index contributed by atoms with van der Waals surface area (Å²) < 4.78 is 0. The van der Waals surface area contributed by atoms with Crippen LogP contribution in [-0.2, 0) is 17.8 Å². The first-order valence-corrected chi connectivity index (χ1v) is 6.31. The van der Waals surface area contributed by atoms with Crippen molar-refractivity contribution in [2.24, 2.45) is 0 Å². The Hall–Kier alpha value is -1.97. The molecular formula is C14H19N3O. The summed E-state index contributed by atoms with van der Waals surface area (Å²) in [4.78, 5) is 14.5. The molecule has 0 aliphatic carbocycles. The number of benzene rings is 1. The maximum Gasteiger partial charge on any atom is 0.219 e. The molecule has 0 saturated heterocycles. The Kier molecular flexibility index (Phi) is 3.55. The van der Waals surface area contributed by atoms with E-state index in [-0.39, 0.29) is 5.91 Å². The van der Waals surface area contributed by atoms with Crippen LogP contribution in [0.15, 0.2) is 18.2 Å². The minimum absolute atomic E-state index is 0.0615. The molecule has 1 heterocycles. The van der Waals surface area contributed by atoms with Crippen LogP contribution in [0.2, 0.25) is 0 Å². The molecule has 1 aromatic carbocycles. The number of aryl methyl sites for hydroxylation is 1. The van der Waals surface area contributed by atoms with Crippen LogP contribution in [0.4, 0.5) is 5.69 Å². The number of fused-ring (bicyclic) bond motifs is 1. The van der Waals surface area contributed by atoms with Crippen LogP contribution in [0.25, 0.3) is 10.9 Å². The van der Waals surface area contributed by atoms with Crippen molar-refractivity contribution in [2.45, 2.75) is 33.2 Å². The number of aromatic nitrogens is 1. The molecule has 0 saturated carbocycles. The molecule has 0 aliphatic heterocycles. The highest BCUT2D eigenvalue weighted by Gasteiger charge is 2.07. The Bertz CT molecular complexity index is 572. The summed E-state index contributed by atoms with van der Waals surface area (Å²) in [5.41, 5.74) is 10.1. The molecule has 0 atom stereocenters. The Morgan fingerprint density at radius 2 is 2.17 bits per heavy atom. The summed E-state index contributed by atoms with van der Waals surface area (Å²) in [6.07, 6.45) is 1.40. The Labute approximate surface area is 107 Å². The van der Waals surface area contributed by atoms with Crippen LogP contribution in [-0.4, -0.2) is 10.9 Å². The molecule has 18 heavy (non-hydrogen) atoms. The number of anilines is 1. The van der Waals surface area contributed by atoms with Gasteiger partial charge in [-0.2, -0.15) is 0 Å². The second-order valence-corrected chi connectivity index (χ2v) is 4.38. The maximum absolute atomic E-state index is 11.2. The summed E-state index contributed by atoms with van der Waals surface area (Å²) in [5.74, 6) is 0.0615. The van der Waals surface area contributed by atoms with Crippen molar-refractivity contribution < 1.29 is 4.79 Å². The summed E-state index contributed by atoms with van der Waals surface area (Å²) >= 11 is 0. The van der Waals surface area contributed by atoms with Crippen molar-refractivity contribution in [1.82, 2.24) is 10.3 Å². The first kappa shape index (κ1) is 12.5. The number of nitrogens with one attached hydrogen (secondary N) is 2. The van der Waals surface area contributed by atoms with Gasteiger partial charge in [-0.1, -0.05) is 19.9 Å². The molecule has 1 amide bonds. The molecular weight excluding hydrogens is 226 g/mol. The lowest BCUT2D eigenvalue weighted by molar-refractivity contribution is -0.120. The van der Waals surface area contributed by atoms with Gasteiger partial charge in [-0.3, -0.25) is 4.79 Å². The first-order chi connectivity index (χ1) is 8.65. The molecule has 96 valence electrons. The molecule has 1 aromatic heterocycles. The van der Waals surface area contributed by atoms with Crippen LogP contribution >= 0.6 is 0 Å². The molecule has 0 bridgehead atoms. The Morgan fingerprint density at radius 3 is 2.83 bits per heavy atom. The highest BCUT2D eigenvalue weighted by molar-refractivity contribution is 5.93. The molecule has 0 radical (unpaired) electrons. The average Bonchev–Trinajstić information content (AvgIpc) is 2.72. The monoisotopic (exact) mass is 245 g/mol. The number of nitrogen functional groups attached to an aromatic ring is 1. The predicted octanol–water partition coefficient (Wildman–Crippen LogP) is 2.34. The van der Waals surface area contributed by atoms with E-state index in [9.17, 15) is 4.79 Å². The molecule has 4 nitrogen and oxygen atoms in total. The molecule has 0 aliphatic rings. The fraction of sp³-hybridized carbons (Fsp3) is 0.357. The summed E-state index contributed by atoms with van der Waals surface area (Å²) in [7, 11) is 0. The number of hydrogen-bond donors (Lipinski definition) is 3. The van der Waals surface area contributed by atoms with Gasteiger partial charge in [-0.15, -0.1) is 0 Å². The lowest BCUT2D eigenvalue weighted by atomic mass is 10.1. The van der Waals surface area contributed by atoms with Gasteiger partial charge in [-0.25, -0.2) is 0 Å². The smallest absolute Gasteiger partial charge is 0.219 e. The number of nitrogens with two attached hydrogens (primary N) is 1. The number of hydrogen-bond acceptors (Lipinski definition) is 2. The van der Waals surface area contributed by atoms with Crippen molar-refractivity contribution >= 4 is 22.5 Å². The fourth-order valence-electron chi connectivity index (χ4n) is 2.03. The minimum atomic E-state index is 0.0615. The van der Waals surface area contributed by atoms with Crippen molar-refractivity contribution in [1.29, 1.82) is 0 Å². The average molecular weight is 245 g/mol. The largest absolute Gasteiger partial charge is 0.397 e. The van der Waals surface area contributed by atoms with Gasteiger partial charge < -0.3 is 16.0 Å². The highest BCUT2D eigenvalue weighted by Crippen LogP contribution is 2.26. The normalized spacial score (nSPS) is 10.8. The third-order valence-corrected chi connectivity index (χ3v) is 3.15. The predicted molar refractivity (Wildman–Crippen MR) is 74.2 cm³/mol. The van der Waals surface area contributed by atoms with E-state index in [1.165, 1.54) is 0 Å². The van der Waals surface area contributed by atoms with Crippen LogP contribution in [0.1, 0.15) is 31.5 Å². The third-order valence-electron chi connectivity index (χ3n) is 3.15. The number of amides is 1. The summed E-state index contributed by atoms with van der Waals surface area (Å²) in [6, 6.07) is 6.06. The lowest BCUT2D eigenvalue weighted by Crippen LogP contribution is -2.21. The van der Waals surface area contributed by atoms with E-state index in [2.05, 4.69) is 17.2 Å². The van der Waals surface area contributed by atoms with Gasteiger partial charge in [0.05, 0.1) is 5.69 Å². The molecule has 0 unspecified atom stereocenters. The van der Waals surface area contributed by atoms with Crippen molar-refractivity contribution in [3.05, 3.63) is 29.5 Å². The van der Waals surface area contributed by atoms with Gasteiger partial charge in [0, 0.05) is 29.6 Å². The zero-order valence-electron chi connectivity index (χ0n) is 10.8. The molecule has 2 aromatic rings. The Morgan fingerprint density at radius 1 is 1.39 bits per heavy atom. The number of carbonyl (C=O) groups is 1. The van der Waals surface area contributed by atoms with Crippen molar-refractivity contribution in [3.8, 4) is 0 Å². The first-order valence-electron chi connectivity index (χ1n) is 6.31. The van der Waals surface area contributed by atoms with E-state index < -0.39 is 0 Å². The van der Waals surface area contributed by atoms with E-state index >= 15 is 0 Å². The summed E-state index contributed by atoms with van der Waals surface area (Å²) in [5, 5.41) is 3.90. The second kappa shape index (κ2) is 5.12. The number of aromatic amines is 1. The quantitative estimate of drug-likeness (QED) is 0.773. The van der Waals surface area contributed by atoms with Crippen LogP contribution in [0, 0.1) is 0 Å². The number of carbonyl (C=O) groups excluding carboxylic acids is 1. The van der Waals surface area contributed by atoms with E-state index in [1.54, 1.807) is 0 Å². The van der Waals surface area contributed by atoms with Gasteiger partial charge in [0.2, 0.25) is 5.91 Å². The van der Waals surface area contributed by atoms with Gasteiger partial charge in [0.15, 0.2) is 0 Å². The van der Waals surface area contributed by atoms with Crippen molar-refractivity contribution in [3.63, 3.8) is 0 Å². The van der Waals surface area contributed by atoms with Crippen molar-refractivity contribution in [2.75, 3.05) is 5.73 Å². The van der Waals surface area contributed by atoms with Crippen LogP contribution < -0.4 is 11.1 Å². The van der Waals surface area contributed by atoms with E-state index in [0.717, 1.165) is 34.3 Å². The lowest BCUT2D eigenvalue weighted by Gasteiger charge is -2.04. The van der Waals surface area contributed by atoms with Gasteiger partial charge in [0.25, 0.3) is 0 Å². The molecule has 0 fully saturated rings. The molecule has 0 spiro atoms. The second-order valence-electron chi connectivity index (χ2n) is 4.38. The van der Waals surface area contributed by atoms with Crippen LogP contribution in [0.3, 0.4) is 0 Å². The SMILES string of the molecule is CCC(=O)NCc1ccc2[nH]c(CC)c(N)c2c1. The van der Waals surface area contributed by atoms with Gasteiger partial charge >= 0.3 is 0 Å². The zero-order chi connectivity index (χ0) is 13.1. The topological polar surface area (TPSA) is 70.9 Å². The third kappa shape index (κ3) is 2.32. The van der Waals surface area contributed by atoms with E-state index in [1.807, 2.05) is 25.1 Å². The highest BCUT2D eigenvalue weighted by atomic mass is 16.1. The minimum Gasteiger partial charge on any atom is -0.397 e.